The lowest BCUT2D eigenvalue weighted by Gasteiger charge is -2.06. The zero-order valence-electron chi connectivity index (χ0n) is 7.91. The van der Waals surface area contributed by atoms with Crippen LogP contribution in [0.1, 0.15) is 6.92 Å². The Labute approximate surface area is 101 Å². The van der Waals surface area contributed by atoms with Crippen LogP contribution in [0.4, 0.5) is 5.69 Å². The predicted molar refractivity (Wildman–Crippen MR) is 64.3 cm³/mol. The van der Waals surface area contributed by atoms with E-state index in [2.05, 4.69) is 26.2 Å². The third-order valence-corrected chi connectivity index (χ3v) is 2.00. The van der Waals surface area contributed by atoms with Gasteiger partial charge in [-0.1, -0.05) is 0 Å². The van der Waals surface area contributed by atoms with Gasteiger partial charge >= 0.3 is 0 Å². The molecular formula is C8H11BrClN3O2. The van der Waals surface area contributed by atoms with Gasteiger partial charge in [0.2, 0.25) is 5.91 Å². The number of nitrogens with one attached hydrogen (secondary N) is 2. The monoisotopic (exact) mass is 295 g/mol. The Morgan fingerprint density at radius 2 is 2.27 bits per heavy atom. The molecule has 0 aliphatic heterocycles. The number of halogens is 2. The SMILES string of the molecule is CC(N)C(=O)Nc1cc(Br)c[nH]c1=O.Cl. The van der Waals surface area contributed by atoms with E-state index in [4.69, 9.17) is 5.73 Å². The molecule has 4 N–H and O–H groups in total. The smallest absolute Gasteiger partial charge is 0.271 e. The lowest BCUT2D eigenvalue weighted by atomic mass is 10.3. The summed E-state index contributed by atoms with van der Waals surface area (Å²) in [6.45, 7) is 1.54. The molecule has 1 rings (SSSR count). The van der Waals surface area contributed by atoms with Gasteiger partial charge in [0.1, 0.15) is 5.69 Å². The normalized spacial score (nSPS) is 11.4. The third-order valence-electron chi connectivity index (χ3n) is 1.54. The predicted octanol–water partition coefficient (Wildman–Crippen LogP) is 0.845. The van der Waals surface area contributed by atoms with Crippen molar-refractivity contribution in [2.45, 2.75) is 13.0 Å². The van der Waals surface area contributed by atoms with Crippen LogP contribution in [0.3, 0.4) is 0 Å². The van der Waals surface area contributed by atoms with Crippen LogP contribution in [0.25, 0.3) is 0 Å². The van der Waals surface area contributed by atoms with Crippen LogP contribution in [0.2, 0.25) is 0 Å². The van der Waals surface area contributed by atoms with Gasteiger partial charge in [0, 0.05) is 10.7 Å². The first-order valence-electron chi connectivity index (χ1n) is 3.95. The molecule has 0 spiro atoms. The average Bonchev–Trinajstić information content (AvgIpc) is 2.11. The van der Waals surface area contributed by atoms with E-state index in [0.29, 0.717) is 4.47 Å². The van der Waals surface area contributed by atoms with Gasteiger partial charge in [0.05, 0.1) is 6.04 Å². The Hall–Kier alpha value is -0.850. The summed E-state index contributed by atoms with van der Waals surface area (Å²) >= 11 is 3.17. The Bertz CT molecular complexity index is 405. The van der Waals surface area contributed by atoms with Gasteiger partial charge in [-0.3, -0.25) is 9.59 Å². The molecule has 1 aromatic heterocycles. The topological polar surface area (TPSA) is 88.0 Å². The molecular weight excluding hydrogens is 285 g/mol. The molecule has 1 amide bonds. The van der Waals surface area contributed by atoms with Gasteiger partial charge in [0.15, 0.2) is 0 Å². The first-order chi connectivity index (χ1) is 6.50. The largest absolute Gasteiger partial charge is 0.326 e. The second kappa shape index (κ2) is 5.89. The minimum absolute atomic E-state index is 0. The zero-order chi connectivity index (χ0) is 10.7. The fraction of sp³-hybridized carbons (Fsp3) is 0.250. The molecule has 0 aromatic carbocycles. The molecule has 1 heterocycles. The van der Waals surface area contributed by atoms with Crippen LogP contribution in [0.5, 0.6) is 0 Å². The van der Waals surface area contributed by atoms with Gasteiger partial charge in [-0.25, -0.2) is 0 Å². The molecule has 1 atom stereocenters. The molecule has 0 aliphatic rings. The van der Waals surface area contributed by atoms with Gasteiger partial charge in [-0.15, -0.1) is 12.4 Å². The summed E-state index contributed by atoms with van der Waals surface area (Å²) in [4.78, 5) is 24.8. The number of carbonyl (C=O) groups is 1. The number of anilines is 1. The number of carbonyl (C=O) groups excluding carboxylic acids is 1. The van der Waals surface area contributed by atoms with E-state index in [1.165, 1.54) is 12.3 Å². The summed E-state index contributed by atoms with van der Waals surface area (Å²) in [5.41, 5.74) is 5.16. The van der Waals surface area contributed by atoms with Crippen molar-refractivity contribution in [3.05, 3.63) is 27.1 Å². The molecule has 1 unspecified atom stereocenters. The average molecular weight is 297 g/mol. The summed E-state index contributed by atoms with van der Waals surface area (Å²) in [7, 11) is 0. The van der Waals surface area contributed by atoms with E-state index in [-0.39, 0.29) is 23.7 Å². The number of nitrogens with two attached hydrogens (primary N) is 1. The molecule has 0 saturated heterocycles. The number of hydrogen-bond acceptors (Lipinski definition) is 3. The van der Waals surface area contributed by atoms with Crippen molar-refractivity contribution in [1.29, 1.82) is 0 Å². The lowest BCUT2D eigenvalue weighted by Crippen LogP contribution is -2.34. The highest BCUT2D eigenvalue weighted by atomic mass is 79.9. The van der Waals surface area contributed by atoms with Crippen molar-refractivity contribution in [3.8, 4) is 0 Å². The number of pyridine rings is 1. The Balaban J connectivity index is 0.00000196. The first kappa shape index (κ1) is 14.2. The molecule has 1 aromatic rings. The van der Waals surface area contributed by atoms with Crippen LogP contribution in [-0.4, -0.2) is 16.9 Å². The second-order valence-corrected chi connectivity index (χ2v) is 3.75. The van der Waals surface area contributed by atoms with Crippen LogP contribution in [-0.2, 0) is 4.79 Å². The van der Waals surface area contributed by atoms with Crippen molar-refractivity contribution in [2.75, 3.05) is 5.32 Å². The Morgan fingerprint density at radius 3 is 2.80 bits per heavy atom. The van der Waals surface area contributed by atoms with Gasteiger partial charge in [-0.2, -0.15) is 0 Å². The standard InChI is InChI=1S/C8H10BrN3O2.ClH/c1-4(10)7(13)12-6-2-5(9)3-11-8(6)14;/h2-4H,10H2,1H3,(H,11,14)(H,12,13);1H. The fourth-order valence-corrected chi connectivity index (χ4v) is 1.14. The molecule has 15 heavy (non-hydrogen) atoms. The summed E-state index contributed by atoms with van der Waals surface area (Å²) in [5, 5.41) is 2.41. The van der Waals surface area contributed by atoms with E-state index in [9.17, 15) is 9.59 Å². The van der Waals surface area contributed by atoms with E-state index in [1.54, 1.807) is 6.92 Å². The molecule has 7 heteroatoms. The van der Waals surface area contributed by atoms with Crippen molar-refractivity contribution >= 4 is 39.9 Å². The molecule has 5 nitrogen and oxygen atoms in total. The number of hydrogen-bond donors (Lipinski definition) is 3. The highest BCUT2D eigenvalue weighted by Crippen LogP contribution is 2.09. The Morgan fingerprint density at radius 1 is 1.67 bits per heavy atom. The number of H-pyrrole nitrogens is 1. The summed E-state index contributed by atoms with van der Waals surface area (Å²) < 4.78 is 0.678. The summed E-state index contributed by atoms with van der Waals surface area (Å²) in [5.74, 6) is -0.395. The molecule has 84 valence electrons. The maximum Gasteiger partial charge on any atom is 0.271 e. The van der Waals surface area contributed by atoms with Crippen LogP contribution in [0, 0.1) is 0 Å². The van der Waals surface area contributed by atoms with Gasteiger partial charge in [0.25, 0.3) is 5.56 Å². The van der Waals surface area contributed by atoms with Crippen molar-refractivity contribution in [2.24, 2.45) is 5.73 Å². The molecule has 0 saturated carbocycles. The van der Waals surface area contributed by atoms with Crippen LogP contribution < -0.4 is 16.6 Å². The Kier molecular flexibility index (Phi) is 5.56. The summed E-state index contributed by atoms with van der Waals surface area (Å²) in [6, 6.07) is 0.868. The van der Waals surface area contributed by atoms with Gasteiger partial charge < -0.3 is 16.0 Å². The maximum atomic E-state index is 11.2. The maximum absolute atomic E-state index is 11.2. The molecule has 0 bridgehead atoms. The molecule has 0 radical (unpaired) electrons. The third kappa shape index (κ3) is 4.03. The second-order valence-electron chi connectivity index (χ2n) is 2.84. The number of aromatic nitrogens is 1. The number of rotatable bonds is 2. The highest BCUT2D eigenvalue weighted by Gasteiger charge is 2.09. The molecule has 0 aliphatic carbocycles. The van der Waals surface area contributed by atoms with E-state index < -0.39 is 11.9 Å². The quantitative estimate of drug-likeness (QED) is 0.756. The highest BCUT2D eigenvalue weighted by molar-refractivity contribution is 9.10. The number of amides is 1. The van der Waals surface area contributed by atoms with E-state index in [1.807, 2.05) is 0 Å². The zero-order valence-corrected chi connectivity index (χ0v) is 10.3. The van der Waals surface area contributed by atoms with Gasteiger partial charge in [-0.05, 0) is 28.9 Å². The summed E-state index contributed by atoms with van der Waals surface area (Å²) in [6.07, 6.45) is 1.49. The van der Waals surface area contributed by atoms with Crippen molar-refractivity contribution in [3.63, 3.8) is 0 Å². The minimum Gasteiger partial charge on any atom is -0.326 e. The van der Waals surface area contributed by atoms with E-state index in [0.717, 1.165) is 0 Å². The van der Waals surface area contributed by atoms with Crippen molar-refractivity contribution in [1.82, 2.24) is 4.98 Å². The van der Waals surface area contributed by atoms with Crippen molar-refractivity contribution < 1.29 is 4.79 Å². The number of aromatic amines is 1. The minimum atomic E-state index is -0.645. The van der Waals surface area contributed by atoms with Crippen LogP contribution >= 0.6 is 28.3 Å². The van der Waals surface area contributed by atoms with Crippen LogP contribution in [0.15, 0.2) is 21.5 Å². The molecule has 0 fully saturated rings. The lowest BCUT2D eigenvalue weighted by molar-refractivity contribution is -0.117. The van der Waals surface area contributed by atoms with E-state index >= 15 is 0 Å². The first-order valence-corrected chi connectivity index (χ1v) is 4.74. The fourth-order valence-electron chi connectivity index (χ4n) is 0.797.